The molecular weight excluding hydrogens is 392 g/mol. The number of rotatable bonds is 5. The lowest BCUT2D eigenvalue weighted by molar-refractivity contribution is -0.214. The van der Waals surface area contributed by atoms with Crippen molar-refractivity contribution in [2.24, 2.45) is 0 Å². The zero-order valence-corrected chi connectivity index (χ0v) is 17.8. The molecule has 0 saturated carbocycles. The Morgan fingerprint density at radius 2 is 2.07 bits per heavy atom. The van der Waals surface area contributed by atoms with Crippen molar-refractivity contribution >= 4 is 17.5 Å². The van der Waals surface area contributed by atoms with Gasteiger partial charge in [0.05, 0.1) is 5.69 Å². The quantitative estimate of drug-likeness (QED) is 0.728. The second-order valence-electron chi connectivity index (χ2n) is 8.45. The van der Waals surface area contributed by atoms with Crippen LogP contribution in [0.3, 0.4) is 0 Å². The highest BCUT2D eigenvalue weighted by molar-refractivity contribution is 5.65. The van der Waals surface area contributed by atoms with Crippen molar-refractivity contribution in [3.05, 3.63) is 24.2 Å². The van der Waals surface area contributed by atoms with Gasteiger partial charge in [-0.3, -0.25) is 0 Å². The van der Waals surface area contributed by atoms with E-state index in [2.05, 4.69) is 10.1 Å². The number of ether oxygens (including phenoxy) is 5. The predicted octanol–water partition coefficient (Wildman–Crippen LogP) is 2.61. The Morgan fingerprint density at radius 1 is 1.30 bits per heavy atom. The number of nitrogens with zero attached hydrogens (tertiary/aromatic N) is 3. The highest BCUT2D eigenvalue weighted by Gasteiger charge is 2.62. The molecular formula is C20H28N4O6. The zero-order chi connectivity index (χ0) is 21.7. The highest BCUT2D eigenvalue weighted by atomic mass is 16.8. The van der Waals surface area contributed by atoms with Crippen molar-refractivity contribution in [2.75, 3.05) is 12.3 Å². The second-order valence-corrected chi connectivity index (χ2v) is 8.45. The molecule has 30 heavy (non-hydrogen) atoms. The summed E-state index contributed by atoms with van der Waals surface area (Å²) in [6.07, 6.45) is -0.257. The van der Waals surface area contributed by atoms with E-state index in [0.29, 0.717) is 17.8 Å². The van der Waals surface area contributed by atoms with E-state index in [0.717, 1.165) is 5.69 Å². The largest absolute Gasteiger partial charge is 0.508 e. The molecule has 0 aliphatic carbocycles. The van der Waals surface area contributed by atoms with E-state index >= 15 is 0 Å². The normalized spacial score (nSPS) is 30.9. The molecule has 2 aliphatic rings. The molecule has 0 spiro atoms. The number of fused-ring (bicyclic) bond motifs is 2. The molecule has 2 N–H and O–H groups in total. The first-order valence-electron chi connectivity index (χ1n) is 10.1. The van der Waals surface area contributed by atoms with Crippen LogP contribution in [0.15, 0.2) is 18.5 Å². The molecule has 4 heterocycles. The van der Waals surface area contributed by atoms with Gasteiger partial charge in [0, 0.05) is 0 Å². The van der Waals surface area contributed by atoms with Crippen molar-refractivity contribution in [1.82, 2.24) is 14.6 Å². The number of carbonyl (C=O) groups is 1. The maximum absolute atomic E-state index is 12.0. The first-order chi connectivity index (χ1) is 14.1. The van der Waals surface area contributed by atoms with Gasteiger partial charge in [0.2, 0.25) is 0 Å². The Balaban J connectivity index is 1.60. The molecule has 0 aromatic carbocycles. The van der Waals surface area contributed by atoms with Crippen LogP contribution in [0.5, 0.6) is 0 Å². The minimum Gasteiger partial charge on any atom is -0.431 e. The number of hydrogen-bond acceptors (Lipinski definition) is 9. The van der Waals surface area contributed by atoms with E-state index in [9.17, 15) is 4.79 Å². The van der Waals surface area contributed by atoms with Crippen molar-refractivity contribution < 1.29 is 28.5 Å². The lowest BCUT2D eigenvalue weighted by Gasteiger charge is -2.31. The fraction of sp³-hybridized carbons (Fsp3) is 0.650. The first-order valence-corrected chi connectivity index (χ1v) is 10.1. The van der Waals surface area contributed by atoms with E-state index in [1.807, 2.05) is 46.8 Å². The third kappa shape index (κ3) is 3.59. The predicted molar refractivity (Wildman–Crippen MR) is 106 cm³/mol. The molecule has 164 valence electrons. The van der Waals surface area contributed by atoms with E-state index < -0.39 is 35.9 Å². The molecule has 5 atom stereocenters. The van der Waals surface area contributed by atoms with Crippen LogP contribution in [0, 0.1) is 0 Å². The number of carbonyl (C=O) groups excluding carboxylic acids is 1. The molecule has 10 heteroatoms. The average molecular weight is 420 g/mol. The molecule has 2 saturated heterocycles. The van der Waals surface area contributed by atoms with Gasteiger partial charge in [-0.05, 0) is 46.2 Å². The molecule has 0 radical (unpaired) electrons. The van der Waals surface area contributed by atoms with Crippen LogP contribution in [0.4, 0.5) is 10.6 Å². The number of hydrogen-bond donors (Lipinski definition) is 1. The van der Waals surface area contributed by atoms with Crippen molar-refractivity contribution in [2.45, 2.75) is 76.8 Å². The third-order valence-corrected chi connectivity index (χ3v) is 5.58. The summed E-state index contributed by atoms with van der Waals surface area (Å²) in [6, 6.07) is 3.71. The fourth-order valence-electron chi connectivity index (χ4n) is 3.92. The standard InChI is InChI=1S/C20H28N4O6/c1-6-11(2)27-18(25)26-9-20(5)16-15(28-19(3,4)30-16)14(29-20)12-7-8-13-17(21)22-10-23-24(12)13/h7-8,10-11,14-16H,6,9H2,1-5H3,(H2,21,22,23)/t11-,14+,15+,16+,20-/m1/s1. The molecule has 2 aromatic heterocycles. The number of nitrogens with two attached hydrogens (primary N) is 1. The molecule has 2 fully saturated rings. The minimum absolute atomic E-state index is 0.0419. The maximum atomic E-state index is 12.0. The van der Waals surface area contributed by atoms with Gasteiger partial charge in [0.15, 0.2) is 11.6 Å². The number of aromatic nitrogens is 3. The molecule has 0 unspecified atom stereocenters. The van der Waals surface area contributed by atoms with E-state index in [1.165, 1.54) is 6.33 Å². The summed E-state index contributed by atoms with van der Waals surface area (Å²) in [6.45, 7) is 9.22. The molecule has 0 bridgehead atoms. The Labute approximate surface area is 174 Å². The fourth-order valence-corrected chi connectivity index (χ4v) is 3.92. The summed E-state index contributed by atoms with van der Waals surface area (Å²) in [5.41, 5.74) is 6.44. The van der Waals surface area contributed by atoms with Gasteiger partial charge in [0.1, 0.15) is 48.5 Å². The number of nitrogen functional groups attached to an aromatic ring is 1. The second kappa shape index (κ2) is 7.36. The molecule has 10 nitrogen and oxygen atoms in total. The van der Waals surface area contributed by atoms with Gasteiger partial charge in [0.25, 0.3) is 0 Å². The summed E-state index contributed by atoms with van der Waals surface area (Å²) < 4.78 is 30.9. The molecule has 2 aromatic rings. The summed E-state index contributed by atoms with van der Waals surface area (Å²) in [4.78, 5) is 16.1. The monoisotopic (exact) mass is 420 g/mol. The van der Waals surface area contributed by atoms with Gasteiger partial charge in [-0.2, -0.15) is 5.10 Å². The average Bonchev–Trinajstić information content (AvgIpc) is 3.32. The lowest BCUT2D eigenvalue weighted by Crippen LogP contribution is -2.45. The van der Waals surface area contributed by atoms with Crippen LogP contribution in [0.1, 0.15) is 52.8 Å². The van der Waals surface area contributed by atoms with Gasteiger partial charge in [-0.1, -0.05) is 6.92 Å². The molecule has 0 amide bonds. The van der Waals surface area contributed by atoms with Gasteiger partial charge >= 0.3 is 6.16 Å². The van der Waals surface area contributed by atoms with Gasteiger partial charge in [-0.25, -0.2) is 14.3 Å². The van der Waals surface area contributed by atoms with Crippen LogP contribution in [-0.2, 0) is 23.7 Å². The van der Waals surface area contributed by atoms with Crippen LogP contribution in [-0.4, -0.2) is 57.1 Å². The van der Waals surface area contributed by atoms with E-state index in [1.54, 1.807) is 4.52 Å². The maximum Gasteiger partial charge on any atom is 0.508 e. The lowest BCUT2D eigenvalue weighted by atomic mass is 9.97. The minimum atomic E-state index is -0.944. The molecule has 4 rings (SSSR count). The topological polar surface area (TPSA) is 119 Å². The van der Waals surface area contributed by atoms with Gasteiger partial charge in [-0.15, -0.1) is 0 Å². The van der Waals surface area contributed by atoms with Crippen LogP contribution in [0.25, 0.3) is 5.52 Å². The SMILES string of the molecule is CC[C@@H](C)OC(=O)OC[C@@]1(C)O[C@@H](c2ccc3c(N)ncnn23)[C@@H]2OC(C)(C)O[C@@H]21. The summed E-state index contributed by atoms with van der Waals surface area (Å²) >= 11 is 0. The highest BCUT2D eigenvalue weighted by Crippen LogP contribution is 2.50. The Bertz CT molecular complexity index is 947. The molecule has 2 aliphatic heterocycles. The Kier molecular flexibility index (Phi) is 5.11. The zero-order valence-electron chi connectivity index (χ0n) is 17.8. The Hall–Kier alpha value is -2.43. The third-order valence-electron chi connectivity index (χ3n) is 5.58. The Morgan fingerprint density at radius 3 is 2.80 bits per heavy atom. The van der Waals surface area contributed by atoms with Crippen LogP contribution < -0.4 is 5.73 Å². The van der Waals surface area contributed by atoms with Gasteiger partial charge < -0.3 is 29.4 Å². The first kappa shape index (κ1) is 20.8. The van der Waals surface area contributed by atoms with E-state index in [-0.39, 0.29) is 12.7 Å². The van der Waals surface area contributed by atoms with Crippen LogP contribution in [0.2, 0.25) is 0 Å². The van der Waals surface area contributed by atoms with E-state index in [4.69, 9.17) is 29.4 Å². The smallest absolute Gasteiger partial charge is 0.431 e. The summed E-state index contributed by atoms with van der Waals surface area (Å²) in [5, 5.41) is 4.30. The summed E-state index contributed by atoms with van der Waals surface area (Å²) in [7, 11) is 0. The summed E-state index contributed by atoms with van der Waals surface area (Å²) in [5.74, 6) is -0.440. The van der Waals surface area contributed by atoms with Crippen LogP contribution >= 0.6 is 0 Å². The van der Waals surface area contributed by atoms with Crippen molar-refractivity contribution in [3.63, 3.8) is 0 Å². The van der Waals surface area contributed by atoms with Crippen molar-refractivity contribution in [3.8, 4) is 0 Å². The van der Waals surface area contributed by atoms with Crippen molar-refractivity contribution in [1.29, 1.82) is 0 Å². The number of anilines is 1.